The van der Waals surface area contributed by atoms with Crippen molar-refractivity contribution < 1.29 is 34.0 Å². The van der Waals surface area contributed by atoms with Crippen molar-refractivity contribution in [1.82, 2.24) is 0 Å². The van der Waals surface area contributed by atoms with Gasteiger partial charge in [-0.05, 0) is 74.9 Å². The first-order valence-corrected chi connectivity index (χ1v) is 13.9. The van der Waals surface area contributed by atoms with Crippen LogP contribution in [0.3, 0.4) is 0 Å². The zero-order valence-corrected chi connectivity index (χ0v) is 23.6. The molecule has 0 aliphatic rings. The molecule has 0 unspecified atom stereocenters. The van der Waals surface area contributed by atoms with Crippen LogP contribution in [-0.2, 0) is 9.59 Å². The SMILES string of the molecule is COc1cc(/C=C/c2ccc(OCCCCCCCCCC(=O)O)cc2)cc(OCCCC(C)(C)C(=O)O)c1. The lowest BCUT2D eigenvalue weighted by atomic mass is 9.88. The number of carboxylic acids is 2. The van der Waals surface area contributed by atoms with Gasteiger partial charge in [0.1, 0.15) is 17.2 Å². The average molecular weight is 541 g/mol. The van der Waals surface area contributed by atoms with E-state index in [4.69, 9.17) is 19.3 Å². The van der Waals surface area contributed by atoms with Gasteiger partial charge in [-0.2, -0.15) is 0 Å². The molecule has 39 heavy (non-hydrogen) atoms. The van der Waals surface area contributed by atoms with Crippen molar-refractivity contribution in [2.24, 2.45) is 5.41 Å². The maximum atomic E-state index is 11.3. The van der Waals surface area contributed by atoms with Gasteiger partial charge < -0.3 is 24.4 Å². The van der Waals surface area contributed by atoms with Gasteiger partial charge >= 0.3 is 11.9 Å². The number of unbranched alkanes of at least 4 members (excludes halogenated alkanes) is 6. The Labute approximate surface area is 232 Å². The molecule has 214 valence electrons. The Bertz CT molecular complexity index is 1040. The summed E-state index contributed by atoms with van der Waals surface area (Å²) in [5, 5.41) is 17.9. The third-order valence-corrected chi connectivity index (χ3v) is 6.58. The minimum atomic E-state index is -0.800. The van der Waals surface area contributed by atoms with Gasteiger partial charge in [-0.25, -0.2) is 0 Å². The largest absolute Gasteiger partial charge is 0.497 e. The van der Waals surface area contributed by atoms with E-state index in [1.165, 1.54) is 0 Å². The molecular formula is C32H44O7. The summed E-state index contributed by atoms with van der Waals surface area (Å²) >= 11 is 0. The fraction of sp³-hybridized carbons (Fsp3) is 0.500. The van der Waals surface area contributed by atoms with Crippen molar-refractivity contribution >= 4 is 24.1 Å². The molecule has 0 heterocycles. The van der Waals surface area contributed by atoms with Crippen LogP contribution in [0.4, 0.5) is 0 Å². The normalized spacial score (nSPS) is 11.5. The second-order valence-corrected chi connectivity index (χ2v) is 10.5. The third kappa shape index (κ3) is 13.2. The molecule has 0 fully saturated rings. The second kappa shape index (κ2) is 17.2. The summed E-state index contributed by atoms with van der Waals surface area (Å²) in [6.07, 6.45) is 12.8. The fourth-order valence-corrected chi connectivity index (χ4v) is 4.02. The van der Waals surface area contributed by atoms with Crippen LogP contribution in [-0.4, -0.2) is 42.5 Å². The summed E-state index contributed by atoms with van der Waals surface area (Å²) in [4.78, 5) is 21.8. The molecule has 0 atom stereocenters. The van der Waals surface area contributed by atoms with Gasteiger partial charge in [-0.3, -0.25) is 9.59 Å². The first kappa shape index (κ1) is 31.7. The molecule has 7 nitrogen and oxygen atoms in total. The van der Waals surface area contributed by atoms with E-state index in [2.05, 4.69) is 0 Å². The summed E-state index contributed by atoms with van der Waals surface area (Å²) in [6.45, 7) is 4.57. The van der Waals surface area contributed by atoms with Gasteiger partial charge in [0, 0.05) is 12.5 Å². The zero-order valence-electron chi connectivity index (χ0n) is 23.6. The maximum Gasteiger partial charge on any atom is 0.309 e. The van der Waals surface area contributed by atoms with Gasteiger partial charge in [0.05, 0.1) is 25.7 Å². The lowest BCUT2D eigenvalue weighted by Crippen LogP contribution is -2.24. The number of aliphatic carboxylic acids is 2. The van der Waals surface area contributed by atoms with Crippen LogP contribution >= 0.6 is 0 Å². The first-order valence-electron chi connectivity index (χ1n) is 13.9. The van der Waals surface area contributed by atoms with E-state index in [0.717, 1.165) is 61.8 Å². The minimum absolute atomic E-state index is 0.275. The standard InChI is InChI=1S/C32H44O7/c1-32(2,31(35)36)19-11-21-39-29-23-26(22-28(24-29)37-3)14-13-25-15-17-27(18-16-25)38-20-10-8-6-4-5-7-9-12-30(33)34/h13-18,22-24H,4-12,19-21H2,1-3H3,(H,33,34)(H,35,36)/b14-13+. The van der Waals surface area contributed by atoms with Crippen LogP contribution < -0.4 is 14.2 Å². The van der Waals surface area contributed by atoms with E-state index in [1.807, 2.05) is 54.6 Å². The summed E-state index contributed by atoms with van der Waals surface area (Å²) in [5.41, 5.74) is 1.22. The summed E-state index contributed by atoms with van der Waals surface area (Å²) in [6, 6.07) is 13.7. The quantitative estimate of drug-likeness (QED) is 0.131. The monoisotopic (exact) mass is 540 g/mol. The third-order valence-electron chi connectivity index (χ3n) is 6.58. The Morgan fingerprint density at radius 3 is 1.92 bits per heavy atom. The smallest absolute Gasteiger partial charge is 0.309 e. The lowest BCUT2D eigenvalue weighted by molar-refractivity contribution is -0.147. The van der Waals surface area contributed by atoms with Gasteiger partial charge in [-0.1, -0.05) is 56.4 Å². The molecule has 0 saturated carbocycles. The molecule has 0 bridgehead atoms. The van der Waals surface area contributed by atoms with Crippen molar-refractivity contribution in [1.29, 1.82) is 0 Å². The molecule has 0 amide bonds. The van der Waals surface area contributed by atoms with Crippen LogP contribution in [0, 0.1) is 5.41 Å². The Balaban J connectivity index is 1.74. The average Bonchev–Trinajstić information content (AvgIpc) is 2.91. The Hall–Kier alpha value is -3.48. The molecule has 7 heteroatoms. The first-order chi connectivity index (χ1) is 18.7. The molecule has 0 aliphatic carbocycles. The van der Waals surface area contributed by atoms with E-state index in [0.29, 0.717) is 37.6 Å². The predicted molar refractivity (Wildman–Crippen MR) is 155 cm³/mol. The molecule has 0 radical (unpaired) electrons. The number of hydrogen-bond donors (Lipinski definition) is 2. The maximum absolute atomic E-state index is 11.3. The van der Waals surface area contributed by atoms with Crippen LogP contribution in [0.25, 0.3) is 12.2 Å². The number of ether oxygens (including phenoxy) is 3. The molecule has 0 aromatic heterocycles. The van der Waals surface area contributed by atoms with Crippen LogP contribution in [0.1, 0.15) is 89.2 Å². The van der Waals surface area contributed by atoms with Crippen molar-refractivity contribution in [3.8, 4) is 17.2 Å². The summed E-state index contributed by atoms with van der Waals surface area (Å²) in [5.74, 6) is 0.722. The van der Waals surface area contributed by atoms with E-state index < -0.39 is 17.4 Å². The van der Waals surface area contributed by atoms with Gasteiger partial charge in [0.15, 0.2) is 0 Å². The van der Waals surface area contributed by atoms with Gasteiger partial charge in [0.25, 0.3) is 0 Å². The van der Waals surface area contributed by atoms with E-state index in [9.17, 15) is 14.7 Å². The van der Waals surface area contributed by atoms with Crippen molar-refractivity contribution in [2.45, 2.75) is 78.1 Å². The van der Waals surface area contributed by atoms with Crippen LogP contribution in [0.2, 0.25) is 0 Å². The van der Waals surface area contributed by atoms with Crippen LogP contribution in [0.5, 0.6) is 17.2 Å². The molecule has 0 aliphatic heterocycles. The predicted octanol–water partition coefficient (Wildman–Crippen LogP) is 7.72. The van der Waals surface area contributed by atoms with Crippen molar-refractivity contribution in [3.05, 3.63) is 53.6 Å². The second-order valence-electron chi connectivity index (χ2n) is 10.5. The Morgan fingerprint density at radius 2 is 1.28 bits per heavy atom. The number of carbonyl (C=O) groups is 2. The Kier molecular flexibility index (Phi) is 14.0. The Morgan fingerprint density at radius 1 is 0.718 bits per heavy atom. The molecule has 2 aromatic carbocycles. The fourth-order valence-electron chi connectivity index (χ4n) is 4.02. The molecule has 0 spiro atoms. The topological polar surface area (TPSA) is 102 Å². The molecule has 2 rings (SSSR count). The number of methoxy groups -OCH3 is 1. The van der Waals surface area contributed by atoms with Crippen molar-refractivity contribution in [2.75, 3.05) is 20.3 Å². The van der Waals surface area contributed by atoms with Gasteiger partial charge in [-0.15, -0.1) is 0 Å². The summed E-state index contributed by atoms with van der Waals surface area (Å²) < 4.78 is 17.2. The molecule has 2 N–H and O–H groups in total. The van der Waals surface area contributed by atoms with Crippen LogP contribution in [0.15, 0.2) is 42.5 Å². The minimum Gasteiger partial charge on any atom is -0.497 e. The summed E-state index contributed by atoms with van der Waals surface area (Å²) in [7, 11) is 1.62. The molecule has 0 saturated heterocycles. The van der Waals surface area contributed by atoms with E-state index in [1.54, 1.807) is 21.0 Å². The van der Waals surface area contributed by atoms with Crippen molar-refractivity contribution in [3.63, 3.8) is 0 Å². The van der Waals surface area contributed by atoms with E-state index in [-0.39, 0.29) is 6.42 Å². The zero-order chi connectivity index (χ0) is 28.5. The highest BCUT2D eigenvalue weighted by Gasteiger charge is 2.26. The number of hydrogen-bond acceptors (Lipinski definition) is 5. The highest BCUT2D eigenvalue weighted by atomic mass is 16.5. The molecule has 2 aromatic rings. The van der Waals surface area contributed by atoms with Gasteiger partial charge in [0.2, 0.25) is 0 Å². The number of benzene rings is 2. The highest BCUT2D eigenvalue weighted by molar-refractivity contribution is 5.73. The number of rotatable bonds is 20. The lowest BCUT2D eigenvalue weighted by Gasteiger charge is -2.18. The molecular weight excluding hydrogens is 496 g/mol. The number of carboxylic acid groups (broad SMARTS) is 2. The van der Waals surface area contributed by atoms with E-state index >= 15 is 0 Å². The highest BCUT2D eigenvalue weighted by Crippen LogP contribution is 2.26.